The van der Waals surface area contributed by atoms with Crippen LogP contribution in [0.3, 0.4) is 0 Å². The van der Waals surface area contributed by atoms with Gasteiger partial charge < -0.3 is 15.2 Å². The number of aryl methyl sites for hydroxylation is 2. The number of fused-ring (bicyclic) bond motifs is 2. The van der Waals surface area contributed by atoms with Gasteiger partial charge in [0.25, 0.3) is 5.91 Å². The average molecular weight is 509 g/mol. The summed E-state index contributed by atoms with van der Waals surface area (Å²) in [4.78, 5) is 39.8. The molecular formula is C25H32N8O2S. The number of amides is 1. The molecule has 2 N–H and O–H groups in total. The first-order chi connectivity index (χ1) is 17.3. The van der Waals surface area contributed by atoms with Crippen LogP contribution in [0.1, 0.15) is 43.7 Å². The van der Waals surface area contributed by atoms with Crippen molar-refractivity contribution in [3.8, 4) is 0 Å². The molecule has 0 radical (unpaired) electrons. The number of carbonyl (C=O) groups is 1. The van der Waals surface area contributed by atoms with Gasteiger partial charge in [0.15, 0.2) is 10.8 Å². The zero-order valence-corrected chi connectivity index (χ0v) is 22.1. The zero-order chi connectivity index (χ0) is 25.8. The van der Waals surface area contributed by atoms with Crippen LogP contribution in [-0.4, -0.2) is 54.0 Å². The van der Waals surface area contributed by atoms with E-state index in [0.717, 1.165) is 29.2 Å². The van der Waals surface area contributed by atoms with Crippen LogP contribution in [0.15, 0.2) is 34.5 Å². The Labute approximate surface area is 213 Å². The minimum absolute atomic E-state index is 0.101. The van der Waals surface area contributed by atoms with E-state index in [0.29, 0.717) is 47.4 Å². The Kier molecular flexibility index (Phi) is 7.88. The molecule has 0 saturated heterocycles. The third kappa shape index (κ3) is 5.35. The predicted molar refractivity (Wildman–Crippen MR) is 144 cm³/mol. The van der Waals surface area contributed by atoms with Crippen molar-refractivity contribution < 1.29 is 4.79 Å². The van der Waals surface area contributed by atoms with Crippen LogP contribution in [0.5, 0.6) is 0 Å². The summed E-state index contributed by atoms with van der Waals surface area (Å²) in [6, 6.07) is 3.51. The molecule has 11 heteroatoms. The largest absolute Gasteiger partial charge is 0.369 e. The number of nitrogens with zero attached hydrogens (tertiary/aromatic N) is 6. The average Bonchev–Trinajstić information content (AvgIpc) is 3.25. The van der Waals surface area contributed by atoms with Crippen LogP contribution in [0.25, 0.3) is 22.1 Å². The summed E-state index contributed by atoms with van der Waals surface area (Å²) < 4.78 is 3.59. The quantitative estimate of drug-likeness (QED) is 0.247. The standard InChI is InChI=1S/C25H32N8O2S/c1-6-32-14-19(20(34)17-9-8-16(5)29-22(17)32)24(35)26-10-11-33-23-18(13-28-33)21(27-12-15(3)4)30-25(31-23)36-7-2/h8-9,13-15H,6-7,10-12H2,1-5H3,(H,26,35)(H,27,30,31). The Morgan fingerprint density at radius 1 is 1.11 bits per heavy atom. The summed E-state index contributed by atoms with van der Waals surface area (Å²) >= 11 is 1.57. The van der Waals surface area contributed by atoms with E-state index < -0.39 is 5.91 Å². The van der Waals surface area contributed by atoms with Gasteiger partial charge in [-0.15, -0.1) is 0 Å². The van der Waals surface area contributed by atoms with E-state index in [1.165, 1.54) is 0 Å². The molecule has 4 heterocycles. The van der Waals surface area contributed by atoms with Crippen molar-refractivity contribution >= 4 is 45.6 Å². The highest BCUT2D eigenvalue weighted by molar-refractivity contribution is 7.99. The maximum Gasteiger partial charge on any atom is 0.256 e. The lowest BCUT2D eigenvalue weighted by atomic mass is 10.1. The fraction of sp³-hybridized carbons (Fsp3) is 0.440. The van der Waals surface area contributed by atoms with E-state index in [-0.39, 0.29) is 11.0 Å². The number of aromatic nitrogens is 6. The van der Waals surface area contributed by atoms with Gasteiger partial charge in [0.2, 0.25) is 5.43 Å². The molecule has 0 spiro atoms. The number of anilines is 1. The summed E-state index contributed by atoms with van der Waals surface area (Å²) in [6.45, 7) is 12.3. The fourth-order valence-electron chi connectivity index (χ4n) is 3.86. The smallest absolute Gasteiger partial charge is 0.256 e. The van der Waals surface area contributed by atoms with Crippen LogP contribution in [-0.2, 0) is 13.1 Å². The number of pyridine rings is 2. The van der Waals surface area contributed by atoms with Crippen molar-refractivity contribution in [2.24, 2.45) is 5.92 Å². The molecule has 0 aromatic carbocycles. The lowest BCUT2D eigenvalue weighted by Crippen LogP contribution is -2.32. The maximum absolute atomic E-state index is 13.0. The van der Waals surface area contributed by atoms with E-state index >= 15 is 0 Å². The second-order valence-corrected chi connectivity index (χ2v) is 10.1. The predicted octanol–water partition coefficient (Wildman–Crippen LogP) is 3.47. The van der Waals surface area contributed by atoms with Crippen molar-refractivity contribution in [3.05, 3.63) is 46.0 Å². The van der Waals surface area contributed by atoms with Gasteiger partial charge in [-0.25, -0.2) is 19.6 Å². The van der Waals surface area contributed by atoms with Gasteiger partial charge >= 0.3 is 0 Å². The number of nitrogens with one attached hydrogen (secondary N) is 2. The first-order valence-electron chi connectivity index (χ1n) is 12.2. The van der Waals surface area contributed by atoms with Gasteiger partial charge in [-0.2, -0.15) is 5.10 Å². The topological polar surface area (TPSA) is 120 Å². The summed E-state index contributed by atoms with van der Waals surface area (Å²) in [5.41, 5.74) is 1.90. The highest BCUT2D eigenvalue weighted by Crippen LogP contribution is 2.24. The number of thioether (sulfide) groups is 1. The Hall–Kier alpha value is -3.47. The Bertz CT molecular complexity index is 1460. The SMILES string of the molecule is CCSc1nc(NCC(C)C)c2cnn(CCNC(=O)c3cn(CC)c4nc(C)ccc4c3=O)c2n1. The molecule has 0 aliphatic heterocycles. The highest BCUT2D eigenvalue weighted by Gasteiger charge is 2.17. The summed E-state index contributed by atoms with van der Waals surface area (Å²) in [5.74, 6) is 1.67. The molecule has 0 aliphatic carbocycles. The van der Waals surface area contributed by atoms with E-state index in [9.17, 15) is 9.59 Å². The van der Waals surface area contributed by atoms with Gasteiger partial charge in [0.1, 0.15) is 17.0 Å². The molecule has 4 aromatic heterocycles. The number of hydrogen-bond donors (Lipinski definition) is 2. The number of hydrogen-bond acceptors (Lipinski definition) is 8. The van der Waals surface area contributed by atoms with Crippen molar-refractivity contribution in [3.63, 3.8) is 0 Å². The van der Waals surface area contributed by atoms with E-state index in [4.69, 9.17) is 0 Å². The Morgan fingerprint density at radius 2 is 1.92 bits per heavy atom. The molecule has 0 unspecified atom stereocenters. The lowest BCUT2D eigenvalue weighted by Gasteiger charge is -2.12. The van der Waals surface area contributed by atoms with Crippen molar-refractivity contribution in [1.29, 1.82) is 0 Å². The van der Waals surface area contributed by atoms with Gasteiger partial charge in [-0.3, -0.25) is 9.59 Å². The molecule has 0 aliphatic rings. The normalized spacial score (nSPS) is 11.5. The van der Waals surface area contributed by atoms with Crippen LogP contribution >= 0.6 is 11.8 Å². The molecule has 190 valence electrons. The van der Waals surface area contributed by atoms with Crippen LogP contribution < -0.4 is 16.1 Å². The van der Waals surface area contributed by atoms with Gasteiger partial charge in [0, 0.05) is 31.5 Å². The molecule has 36 heavy (non-hydrogen) atoms. The van der Waals surface area contributed by atoms with Crippen molar-refractivity contribution in [2.45, 2.75) is 52.9 Å². The van der Waals surface area contributed by atoms with Crippen LogP contribution in [0, 0.1) is 12.8 Å². The Morgan fingerprint density at radius 3 is 2.64 bits per heavy atom. The minimum atomic E-state index is -0.419. The van der Waals surface area contributed by atoms with Gasteiger partial charge in [-0.1, -0.05) is 32.5 Å². The first-order valence-corrected chi connectivity index (χ1v) is 13.2. The third-order valence-electron chi connectivity index (χ3n) is 5.68. The molecule has 4 aromatic rings. The monoisotopic (exact) mass is 508 g/mol. The van der Waals surface area contributed by atoms with Crippen LogP contribution in [0.2, 0.25) is 0 Å². The third-order valence-corrected chi connectivity index (χ3v) is 6.41. The maximum atomic E-state index is 13.0. The fourth-order valence-corrected chi connectivity index (χ4v) is 4.43. The molecule has 0 bridgehead atoms. The van der Waals surface area contributed by atoms with Crippen molar-refractivity contribution in [1.82, 2.24) is 34.6 Å². The number of carbonyl (C=O) groups excluding carboxylic acids is 1. The molecule has 0 fully saturated rings. The second-order valence-electron chi connectivity index (χ2n) is 8.91. The molecule has 4 rings (SSSR count). The first kappa shape index (κ1) is 25.6. The second kappa shape index (κ2) is 11.1. The van der Waals surface area contributed by atoms with Gasteiger partial charge in [0.05, 0.1) is 23.5 Å². The lowest BCUT2D eigenvalue weighted by molar-refractivity contribution is 0.0950. The van der Waals surface area contributed by atoms with Crippen molar-refractivity contribution in [2.75, 3.05) is 24.2 Å². The Balaban J connectivity index is 1.54. The van der Waals surface area contributed by atoms with E-state index in [1.807, 2.05) is 18.4 Å². The number of rotatable bonds is 10. The summed E-state index contributed by atoms with van der Waals surface area (Å²) in [6.07, 6.45) is 3.34. The molecular weight excluding hydrogens is 476 g/mol. The zero-order valence-electron chi connectivity index (χ0n) is 21.3. The highest BCUT2D eigenvalue weighted by atomic mass is 32.2. The van der Waals surface area contributed by atoms with Gasteiger partial charge in [-0.05, 0) is 37.7 Å². The van der Waals surface area contributed by atoms with E-state index in [2.05, 4.69) is 51.5 Å². The van der Waals surface area contributed by atoms with E-state index in [1.54, 1.807) is 41.0 Å². The molecule has 0 atom stereocenters. The molecule has 10 nitrogen and oxygen atoms in total. The molecule has 0 saturated carbocycles. The molecule has 1 amide bonds. The summed E-state index contributed by atoms with van der Waals surface area (Å²) in [7, 11) is 0. The minimum Gasteiger partial charge on any atom is -0.369 e. The van der Waals surface area contributed by atoms with Crippen LogP contribution in [0.4, 0.5) is 5.82 Å². The summed E-state index contributed by atoms with van der Waals surface area (Å²) in [5, 5.41) is 12.7.